The maximum atomic E-state index is 12.0. The molecule has 4 heteroatoms. The Balaban J connectivity index is 1.57. The van der Waals surface area contributed by atoms with Crippen molar-refractivity contribution >= 4 is 17.7 Å². The number of carbonyl (C=O) groups excluding carboxylic acids is 1. The van der Waals surface area contributed by atoms with Crippen molar-refractivity contribution in [3.63, 3.8) is 0 Å². The Labute approximate surface area is 134 Å². The minimum absolute atomic E-state index is 0.0152. The Morgan fingerprint density at radius 2 is 2.09 bits per heavy atom. The van der Waals surface area contributed by atoms with Gasteiger partial charge in [-0.15, -0.1) is 11.8 Å². The highest BCUT2D eigenvalue weighted by Gasteiger charge is 2.76. The monoisotopic (exact) mass is 313 g/mol. The van der Waals surface area contributed by atoms with Gasteiger partial charge >= 0.3 is 5.97 Å². The lowest BCUT2D eigenvalue weighted by Gasteiger charge is -2.54. The molecule has 4 aliphatic rings. The highest BCUT2D eigenvalue weighted by atomic mass is 32.2. The molecule has 0 aromatic heterocycles. The zero-order valence-electron chi connectivity index (χ0n) is 12.5. The molecule has 0 amide bonds. The Morgan fingerprint density at radius 1 is 1.23 bits per heavy atom. The number of esters is 1. The highest BCUT2D eigenvalue weighted by Crippen LogP contribution is 2.68. The van der Waals surface area contributed by atoms with Crippen LogP contribution in [0.2, 0.25) is 0 Å². The Hall–Kier alpha value is -1.26. The Kier molecular flexibility index (Phi) is 2.63. The molecule has 3 atom stereocenters. The van der Waals surface area contributed by atoms with Crippen LogP contribution in [0, 0.1) is 0 Å². The van der Waals surface area contributed by atoms with E-state index in [2.05, 4.69) is 35.2 Å². The molecule has 3 aliphatic heterocycles. The molecule has 1 aliphatic carbocycles. The van der Waals surface area contributed by atoms with Crippen LogP contribution in [0.3, 0.4) is 0 Å². The quantitative estimate of drug-likeness (QED) is 0.785. The van der Waals surface area contributed by atoms with E-state index in [1.807, 2.05) is 11.8 Å². The van der Waals surface area contributed by atoms with Crippen molar-refractivity contribution in [3.8, 4) is 0 Å². The minimum Gasteiger partial charge on any atom is -0.448 e. The third-order valence-electron chi connectivity index (χ3n) is 5.78. The van der Waals surface area contributed by atoms with Crippen molar-refractivity contribution in [1.82, 2.24) is 4.90 Å². The first-order valence-corrected chi connectivity index (χ1v) is 8.97. The average molecular weight is 313 g/mol. The molecular weight excluding hydrogens is 294 g/mol. The van der Waals surface area contributed by atoms with Gasteiger partial charge in [-0.2, -0.15) is 0 Å². The van der Waals surface area contributed by atoms with Crippen LogP contribution >= 0.6 is 11.8 Å². The van der Waals surface area contributed by atoms with Gasteiger partial charge in [0.25, 0.3) is 0 Å². The fraction of sp³-hybridized carbons (Fsp3) is 0.500. The molecule has 1 aromatic rings. The lowest BCUT2D eigenvalue weighted by molar-refractivity contribution is -0.154. The number of piperidine rings is 1. The van der Waals surface area contributed by atoms with E-state index >= 15 is 0 Å². The summed E-state index contributed by atoms with van der Waals surface area (Å²) in [5.74, 6) is -0.127. The predicted molar refractivity (Wildman–Crippen MR) is 85.8 cm³/mol. The van der Waals surface area contributed by atoms with Crippen LogP contribution < -0.4 is 0 Å². The summed E-state index contributed by atoms with van der Waals surface area (Å²) in [7, 11) is 0. The van der Waals surface area contributed by atoms with Gasteiger partial charge in [-0.25, -0.2) is 4.79 Å². The Morgan fingerprint density at radius 3 is 2.91 bits per heavy atom. The number of ether oxygens (including phenoxy) is 1. The van der Waals surface area contributed by atoms with Gasteiger partial charge in [0.05, 0.1) is 10.8 Å². The molecule has 3 nitrogen and oxygen atoms in total. The fourth-order valence-corrected chi connectivity index (χ4v) is 6.65. The van der Waals surface area contributed by atoms with Gasteiger partial charge in [-0.3, -0.25) is 4.90 Å². The molecule has 3 fully saturated rings. The molecule has 1 saturated carbocycles. The van der Waals surface area contributed by atoms with Crippen LogP contribution in [0.5, 0.6) is 0 Å². The first-order valence-electron chi connectivity index (χ1n) is 8.16. The van der Waals surface area contributed by atoms with Crippen molar-refractivity contribution in [3.05, 3.63) is 42.0 Å². The molecule has 114 valence electrons. The highest BCUT2D eigenvalue weighted by molar-refractivity contribution is 8.01. The van der Waals surface area contributed by atoms with Gasteiger partial charge in [-0.1, -0.05) is 24.6 Å². The first-order chi connectivity index (χ1) is 10.7. The normalized spacial score (nSPS) is 39.4. The number of hydrogen-bond acceptors (Lipinski definition) is 4. The predicted octanol–water partition coefficient (Wildman–Crippen LogP) is 3.01. The molecule has 2 saturated heterocycles. The molecule has 2 unspecified atom stereocenters. The van der Waals surface area contributed by atoms with Crippen LogP contribution in [0.1, 0.15) is 25.7 Å². The number of hydrogen-bond donors (Lipinski definition) is 0. The van der Waals surface area contributed by atoms with E-state index in [1.165, 1.54) is 23.3 Å². The zero-order chi connectivity index (χ0) is 14.8. The third-order valence-corrected chi connectivity index (χ3v) is 7.26. The first kappa shape index (κ1) is 13.2. The van der Waals surface area contributed by atoms with E-state index in [-0.39, 0.29) is 16.3 Å². The molecule has 0 radical (unpaired) electrons. The van der Waals surface area contributed by atoms with Crippen molar-refractivity contribution in [1.29, 1.82) is 0 Å². The molecule has 0 N–H and O–H groups in total. The topological polar surface area (TPSA) is 29.5 Å². The van der Waals surface area contributed by atoms with E-state index in [1.54, 1.807) is 6.08 Å². The van der Waals surface area contributed by atoms with Crippen LogP contribution in [-0.4, -0.2) is 40.3 Å². The number of carbonyl (C=O) groups is 1. The number of thioether (sulfide) groups is 1. The van der Waals surface area contributed by atoms with E-state index in [9.17, 15) is 4.79 Å². The summed E-state index contributed by atoms with van der Waals surface area (Å²) in [5.41, 5.74) is 0.903. The van der Waals surface area contributed by atoms with Gasteiger partial charge in [0, 0.05) is 17.5 Å². The second kappa shape index (κ2) is 4.39. The van der Waals surface area contributed by atoms with E-state index in [0.29, 0.717) is 6.04 Å². The van der Waals surface area contributed by atoms with Gasteiger partial charge in [0.1, 0.15) is 0 Å². The molecule has 0 bridgehead atoms. The van der Waals surface area contributed by atoms with Crippen LogP contribution in [0.4, 0.5) is 0 Å². The molecule has 22 heavy (non-hydrogen) atoms. The summed E-state index contributed by atoms with van der Waals surface area (Å²) in [4.78, 5) is 15.8. The van der Waals surface area contributed by atoms with Gasteiger partial charge in [0.2, 0.25) is 0 Å². The standard InChI is InChI=1S/C18H19NO2S/c20-16-10-13-11-17(22-14-6-2-1-3-7-14)12-19-9-5-4-8-15(19)18(13,17)21-16/h1-3,6-7,10,15H,4-5,8-9,11-12H2/t15?,17?,18-/m0/s1. The van der Waals surface area contributed by atoms with Gasteiger partial charge < -0.3 is 4.74 Å². The summed E-state index contributed by atoms with van der Waals surface area (Å²) >= 11 is 1.92. The molecule has 3 heterocycles. The van der Waals surface area contributed by atoms with E-state index in [4.69, 9.17) is 4.74 Å². The molecular formula is C18H19NO2S. The van der Waals surface area contributed by atoms with Crippen LogP contribution in [-0.2, 0) is 9.53 Å². The van der Waals surface area contributed by atoms with Crippen LogP contribution in [0.25, 0.3) is 0 Å². The summed E-state index contributed by atoms with van der Waals surface area (Å²) in [6.45, 7) is 2.19. The van der Waals surface area contributed by atoms with Gasteiger partial charge in [-0.05, 0) is 43.5 Å². The third kappa shape index (κ3) is 1.50. The fourth-order valence-electron chi connectivity index (χ4n) is 4.99. The van der Waals surface area contributed by atoms with E-state index in [0.717, 1.165) is 25.9 Å². The van der Waals surface area contributed by atoms with Crippen molar-refractivity contribution < 1.29 is 9.53 Å². The lowest BCUT2D eigenvalue weighted by Crippen LogP contribution is -2.65. The maximum absolute atomic E-state index is 12.0. The zero-order valence-corrected chi connectivity index (χ0v) is 13.3. The van der Waals surface area contributed by atoms with Gasteiger partial charge in [0.15, 0.2) is 5.60 Å². The van der Waals surface area contributed by atoms with Crippen LogP contribution in [0.15, 0.2) is 46.9 Å². The van der Waals surface area contributed by atoms with E-state index < -0.39 is 0 Å². The number of rotatable bonds is 2. The van der Waals surface area contributed by atoms with Crippen molar-refractivity contribution in [2.24, 2.45) is 0 Å². The Bertz CT molecular complexity index is 673. The molecule has 1 spiro atoms. The van der Waals surface area contributed by atoms with Crippen molar-refractivity contribution in [2.45, 2.75) is 47.0 Å². The summed E-state index contributed by atoms with van der Waals surface area (Å²) in [5, 5.41) is 0. The second-order valence-electron chi connectivity index (χ2n) is 6.89. The number of nitrogens with zero attached hydrogens (tertiary/aromatic N) is 1. The maximum Gasteiger partial charge on any atom is 0.331 e. The molecule has 1 aromatic carbocycles. The number of benzene rings is 1. The number of fused-ring (bicyclic) bond motifs is 1. The summed E-state index contributed by atoms with van der Waals surface area (Å²) in [6, 6.07) is 11.0. The SMILES string of the molecule is O=C1C=C2CC3(Sc4ccccc4)CN4CCCCC4[C@@]23O1. The lowest BCUT2D eigenvalue weighted by atomic mass is 9.63. The summed E-state index contributed by atoms with van der Waals surface area (Å²) < 4.78 is 6.04. The minimum atomic E-state index is -0.342. The largest absolute Gasteiger partial charge is 0.448 e. The molecule has 5 rings (SSSR count). The smallest absolute Gasteiger partial charge is 0.331 e. The second-order valence-corrected chi connectivity index (χ2v) is 8.35. The van der Waals surface area contributed by atoms with Crippen molar-refractivity contribution in [2.75, 3.05) is 13.1 Å². The average Bonchev–Trinajstić information content (AvgIpc) is 2.91. The summed E-state index contributed by atoms with van der Waals surface area (Å²) in [6.07, 6.45) is 6.43.